The number of hydrogen-bond acceptors (Lipinski definition) is 4. The van der Waals surface area contributed by atoms with Gasteiger partial charge in [-0.3, -0.25) is 15.5 Å². The van der Waals surface area contributed by atoms with Gasteiger partial charge in [-0.25, -0.2) is 0 Å². The molecule has 3 saturated carbocycles. The van der Waals surface area contributed by atoms with Gasteiger partial charge in [-0.15, -0.1) is 0 Å². The van der Waals surface area contributed by atoms with E-state index in [-0.39, 0.29) is 0 Å². The van der Waals surface area contributed by atoms with Gasteiger partial charge in [0.15, 0.2) is 0 Å². The van der Waals surface area contributed by atoms with Gasteiger partial charge in [-0.05, 0) is 102 Å². The molecule has 4 heteroatoms. The van der Waals surface area contributed by atoms with E-state index in [1.165, 1.54) is 103 Å². The van der Waals surface area contributed by atoms with Gasteiger partial charge in [0, 0.05) is 18.0 Å². The van der Waals surface area contributed by atoms with Crippen LogP contribution in [0, 0.1) is 23.7 Å². The molecule has 0 aromatic carbocycles. The summed E-state index contributed by atoms with van der Waals surface area (Å²) in [5, 5.41) is 12.0. The molecule has 4 nitrogen and oxygen atoms in total. The van der Waals surface area contributed by atoms with E-state index in [0.29, 0.717) is 12.3 Å². The third-order valence-electron chi connectivity index (χ3n) is 9.31. The van der Waals surface area contributed by atoms with E-state index < -0.39 is 0 Å². The van der Waals surface area contributed by atoms with Gasteiger partial charge in [-0.1, -0.05) is 25.7 Å². The molecule has 0 aromatic heterocycles. The van der Waals surface area contributed by atoms with E-state index in [9.17, 15) is 0 Å². The Balaban J connectivity index is 1.18. The van der Waals surface area contributed by atoms with Gasteiger partial charge >= 0.3 is 0 Å². The van der Waals surface area contributed by atoms with Crippen LogP contribution in [0.15, 0.2) is 0 Å². The van der Waals surface area contributed by atoms with E-state index in [1.807, 2.05) is 0 Å². The summed E-state index contributed by atoms with van der Waals surface area (Å²) in [6, 6.07) is 1.54. The average Bonchev–Trinajstić information content (AvgIpc) is 2.78. The van der Waals surface area contributed by atoms with Crippen molar-refractivity contribution in [3.8, 4) is 0 Å². The lowest BCUT2D eigenvalue weighted by Gasteiger charge is -2.56. The largest absolute Gasteiger partial charge is 0.314 e. The Morgan fingerprint density at radius 2 is 1.55 bits per heavy atom. The zero-order valence-corrected chi connectivity index (χ0v) is 18.9. The Labute approximate surface area is 179 Å². The number of likely N-dealkylation sites (tertiary alicyclic amines) is 1. The molecule has 0 radical (unpaired) electrons. The number of piperidine rings is 1. The number of rotatable bonds is 4. The summed E-state index contributed by atoms with van der Waals surface area (Å²) < 4.78 is 0. The smallest absolute Gasteiger partial charge is 0.0653 e. The van der Waals surface area contributed by atoms with E-state index >= 15 is 0 Å². The fourth-order valence-electron chi connectivity index (χ4n) is 7.80. The molecule has 0 aromatic rings. The van der Waals surface area contributed by atoms with Crippen LogP contribution in [0.1, 0.15) is 90.4 Å². The average molecular weight is 403 g/mol. The Bertz CT molecular complexity index is 513. The van der Waals surface area contributed by atoms with Crippen molar-refractivity contribution in [3.05, 3.63) is 0 Å². The summed E-state index contributed by atoms with van der Waals surface area (Å²) in [4.78, 5) is 2.80. The number of fused-ring (bicyclic) bond motifs is 3. The first-order valence-corrected chi connectivity index (χ1v) is 13.3. The molecule has 0 amide bonds. The molecule has 2 saturated heterocycles. The molecular formula is C25H46N4. The summed E-state index contributed by atoms with van der Waals surface area (Å²) in [6.45, 7) is 6.28. The van der Waals surface area contributed by atoms with Crippen LogP contribution < -0.4 is 16.0 Å². The SMILES string of the molecule is CC1NC2C3CCC(NCC4CCCCC4)CC3CCC2C(N2CCCCC2)N1. The fourth-order valence-corrected chi connectivity index (χ4v) is 7.80. The van der Waals surface area contributed by atoms with Crippen LogP contribution >= 0.6 is 0 Å². The maximum absolute atomic E-state index is 4.03. The van der Waals surface area contributed by atoms with Crippen molar-refractivity contribution in [2.24, 2.45) is 23.7 Å². The summed E-state index contributed by atoms with van der Waals surface area (Å²) in [5.74, 6) is 3.65. The van der Waals surface area contributed by atoms with Crippen molar-refractivity contribution in [1.29, 1.82) is 0 Å². The molecule has 2 aliphatic heterocycles. The zero-order chi connectivity index (χ0) is 19.6. The van der Waals surface area contributed by atoms with E-state index in [0.717, 1.165) is 35.8 Å². The van der Waals surface area contributed by atoms with Crippen molar-refractivity contribution in [2.75, 3.05) is 19.6 Å². The number of nitrogens with zero attached hydrogens (tertiary/aromatic N) is 1. The molecule has 0 spiro atoms. The lowest BCUT2D eigenvalue weighted by atomic mass is 9.62. The van der Waals surface area contributed by atoms with E-state index in [4.69, 9.17) is 0 Å². The van der Waals surface area contributed by atoms with Gasteiger partial charge in [0.2, 0.25) is 0 Å². The molecule has 5 fully saturated rings. The highest BCUT2D eigenvalue weighted by Gasteiger charge is 2.48. The molecule has 0 bridgehead atoms. The Morgan fingerprint density at radius 1 is 0.793 bits per heavy atom. The van der Waals surface area contributed by atoms with Crippen molar-refractivity contribution >= 4 is 0 Å². The maximum Gasteiger partial charge on any atom is 0.0653 e. The molecule has 29 heavy (non-hydrogen) atoms. The predicted octanol–water partition coefficient (Wildman–Crippen LogP) is 4.07. The monoisotopic (exact) mass is 402 g/mol. The quantitative estimate of drug-likeness (QED) is 0.663. The molecule has 166 valence electrons. The van der Waals surface area contributed by atoms with Crippen LogP contribution in [0.3, 0.4) is 0 Å². The lowest BCUT2D eigenvalue weighted by Crippen LogP contribution is -2.71. The Hall–Kier alpha value is -0.160. The van der Waals surface area contributed by atoms with E-state index in [1.54, 1.807) is 0 Å². The predicted molar refractivity (Wildman–Crippen MR) is 121 cm³/mol. The topological polar surface area (TPSA) is 39.3 Å². The number of hydrogen-bond donors (Lipinski definition) is 3. The summed E-state index contributed by atoms with van der Waals surface area (Å²) in [7, 11) is 0. The highest BCUT2D eigenvalue weighted by molar-refractivity contribution is 5.03. The van der Waals surface area contributed by atoms with Crippen LogP contribution in [0.4, 0.5) is 0 Å². The van der Waals surface area contributed by atoms with Crippen molar-refractivity contribution in [2.45, 2.75) is 115 Å². The summed E-state index contributed by atoms with van der Waals surface area (Å²) in [6.07, 6.45) is 19.9. The maximum atomic E-state index is 4.03. The second-order valence-corrected chi connectivity index (χ2v) is 11.2. The minimum absolute atomic E-state index is 0.462. The molecule has 5 aliphatic rings. The standard InChI is InChI=1S/C25H46N4/c1-18-27-24-22-13-11-21(26-17-19-8-4-2-5-9-19)16-20(22)10-12-23(24)25(28-18)29-14-6-3-7-15-29/h18-28H,2-17H2,1H3. The summed E-state index contributed by atoms with van der Waals surface area (Å²) in [5.41, 5.74) is 0. The van der Waals surface area contributed by atoms with Gasteiger partial charge in [0.25, 0.3) is 0 Å². The minimum atomic E-state index is 0.462. The fraction of sp³-hybridized carbons (Fsp3) is 1.00. The van der Waals surface area contributed by atoms with Crippen LogP contribution in [-0.2, 0) is 0 Å². The Kier molecular flexibility index (Phi) is 6.82. The van der Waals surface area contributed by atoms with Crippen molar-refractivity contribution in [1.82, 2.24) is 20.9 Å². The van der Waals surface area contributed by atoms with Gasteiger partial charge in [0.05, 0.1) is 12.3 Å². The third-order valence-corrected chi connectivity index (χ3v) is 9.31. The molecule has 5 rings (SSSR count). The zero-order valence-electron chi connectivity index (χ0n) is 18.9. The Morgan fingerprint density at radius 3 is 2.38 bits per heavy atom. The van der Waals surface area contributed by atoms with Crippen LogP contribution in [0.2, 0.25) is 0 Å². The first-order valence-electron chi connectivity index (χ1n) is 13.3. The lowest BCUT2D eigenvalue weighted by molar-refractivity contribution is -0.0373. The van der Waals surface area contributed by atoms with Crippen molar-refractivity contribution in [3.63, 3.8) is 0 Å². The second-order valence-electron chi connectivity index (χ2n) is 11.2. The van der Waals surface area contributed by atoms with Crippen LogP contribution in [-0.4, -0.2) is 48.9 Å². The normalized spacial score (nSPS) is 44.8. The molecule has 3 aliphatic carbocycles. The molecule has 7 atom stereocenters. The molecule has 3 N–H and O–H groups in total. The number of nitrogens with one attached hydrogen (secondary N) is 3. The second kappa shape index (κ2) is 9.54. The van der Waals surface area contributed by atoms with Crippen molar-refractivity contribution < 1.29 is 0 Å². The summed E-state index contributed by atoms with van der Waals surface area (Å²) >= 11 is 0. The van der Waals surface area contributed by atoms with E-state index in [2.05, 4.69) is 27.8 Å². The van der Waals surface area contributed by atoms with Crippen LogP contribution in [0.25, 0.3) is 0 Å². The van der Waals surface area contributed by atoms with Gasteiger partial charge in [0.1, 0.15) is 0 Å². The van der Waals surface area contributed by atoms with Gasteiger partial charge < -0.3 is 5.32 Å². The molecular weight excluding hydrogens is 356 g/mol. The van der Waals surface area contributed by atoms with Gasteiger partial charge in [-0.2, -0.15) is 0 Å². The minimum Gasteiger partial charge on any atom is -0.314 e. The molecule has 7 unspecified atom stereocenters. The highest BCUT2D eigenvalue weighted by Crippen LogP contribution is 2.45. The third kappa shape index (κ3) is 4.71. The molecule has 2 heterocycles. The highest BCUT2D eigenvalue weighted by atomic mass is 15.3. The first kappa shape index (κ1) is 20.7. The first-order chi connectivity index (χ1) is 14.3. The van der Waals surface area contributed by atoms with Crippen LogP contribution in [0.5, 0.6) is 0 Å².